The first-order valence-corrected chi connectivity index (χ1v) is 22.5. The molecule has 64 heavy (non-hydrogen) atoms. The van der Waals surface area contributed by atoms with Crippen LogP contribution in [0, 0.1) is 0 Å². The number of para-hydroxylation sites is 5. The summed E-state index contributed by atoms with van der Waals surface area (Å²) in [5.74, 6) is 0. The number of anilines is 5. The molecule has 0 N–H and O–H groups in total. The topological polar surface area (TPSA) is 32.3 Å². The third-order valence-electron chi connectivity index (χ3n) is 13.5. The highest BCUT2D eigenvalue weighted by molar-refractivity contribution is 6.22. The minimum absolute atomic E-state index is 0.944. The van der Waals surface area contributed by atoms with Crippen molar-refractivity contribution in [2.45, 2.75) is 39.5 Å². The Kier molecular flexibility index (Phi) is 9.19. The second-order valence-corrected chi connectivity index (χ2v) is 17.2. The lowest BCUT2D eigenvalue weighted by molar-refractivity contribution is 0.968. The molecule has 2 aliphatic heterocycles. The van der Waals surface area contributed by atoms with Crippen molar-refractivity contribution < 1.29 is 0 Å². The van der Waals surface area contributed by atoms with Crippen LogP contribution in [0.5, 0.6) is 0 Å². The summed E-state index contributed by atoms with van der Waals surface area (Å²) in [7, 11) is 0. The molecule has 12 rings (SSSR count). The summed E-state index contributed by atoms with van der Waals surface area (Å²) in [6, 6.07) is 66.6. The number of hydrogen-bond acceptors (Lipinski definition) is 4. The van der Waals surface area contributed by atoms with Gasteiger partial charge in [0.15, 0.2) is 0 Å². The number of aromatic nitrogens is 2. The van der Waals surface area contributed by atoms with Gasteiger partial charge in [0.25, 0.3) is 0 Å². The van der Waals surface area contributed by atoms with E-state index in [1.54, 1.807) is 0 Å². The van der Waals surface area contributed by atoms with Crippen molar-refractivity contribution in [3.8, 4) is 22.5 Å². The van der Waals surface area contributed by atoms with Crippen molar-refractivity contribution in [1.82, 2.24) is 9.97 Å². The predicted octanol–water partition coefficient (Wildman–Crippen LogP) is 15.9. The van der Waals surface area contributed by atoms with E-state index >= 15 is 0 Å². The minimum Gasteiger partial charge on any atom is -0.314 e. The summed E-state index contributed by atoms with van der Waals surface area (Å²) in [6.07, 6.45) is 8.40. The molecule has 0 atom stereocenters. The van der Waals surface area contributed by atoms with Crippen molar-refractivity contribution in [3.05, 3.63) is 222 Å². The van der Waals surface area contributed by atoms with E-state index in [0.717, 1.165) is 103 Å². The molecule has 8 aromatic carbocycles. The third-order valence-corrected chi connectivity index (χ3v) is 13.5. The number of nitrogens with zero attached hydrogens (tertiary/aromatic N) is 4. The molecule has 10 aromatic rings. The van der Waals surface area contributed by atoms with Gasteiger partial charge in [-0.1, -0.05) is 127 Å². The van der Waals surface area contributed by atoms with E-state index in [0.29, 0.717) is 0 Å². The summed E-state index contributed by atoms with van der Waals surface area (Å²) >= 11 is 0. The van der Waals surface area contributed by atoms with Crippen LogP contribution in [0.15, 0.2) is 205 Å². The SMILES string of the molecule is C/C=C\C1=C(C)N(c2ccc3c(-c4ccc5ccccc5n4)c4cc(N5c6ccccc6CCc6ccccc65)ccc4c(-c4ccc5ccccc5n4)c3c2)c2ccccc2CC1. The Morgan fingerprint density at radius 1 is 0.422 bits per heavy atom. The van der Waals surface area contributed by atoms with Gasteiger partial charge in [-0.15, -0.1) is 0 Å². The van der Waals surface area contributed by atoms with Crippen LogP contribution in [0.3, 0.4) is 0 Å². The predicted molar refractivity (Wildman–Crippen MR) is 269 cm³/mol. The van der Waals surface area contributed by atoms with E-state index in [1.165, 1.54) is 45.0 Å². The van der Waals surface area contributed by atoms with Crippen molar-refractivity contribution in [3.63, 3.8) is 0 Å². The second kappa shape index (κ2) is 15.5. The molecule has 0 radical (unpaired) electrons. The number of benzene rings is 8. The number of rotatable bonds is 5. The first-order chi connectivity index (χ1) is 31.6. The average molecular weight is 823 g/mol. The Hall–Kier alpha value is -7.82. The van der Waals surface area contributed by atoms with E-state index < -0.39 is 0 Å². The summed E-state index contributed by atoms with van der Waals surface area (Å²) in [5.41, 5.74) is 18.6. The Morgan fingerprint density at radius 2 is 0.859 bits per heavy atom. The molecule has 4 nitrogen and oxygen atoms in total. The van der Waals surface area contributed by atoms with Gasteiger partial charge in [-0.3, -0.25) is 0 Å². The first-order valence-electron chi connectivity index (χ1n) is 22.5. The Balaban J connectivity index is 1.21. The van der Waals surface area contributed by atoms with Crippen LogP contribution in [0.2, 0.25) is 0 Å². The molecule has 4 heteroatoms. The van der Waals surface area contributed by atoms with Gasteiger partial charge in [-0.2, -0.15) is 0 Å². The van der Waals surface area contributed by atoms with Crippen molar-refractivity contribution in [2.24, 2.45) is 0 Å². The zero-order chi connectivity index (χ0) is 42.7. The summed E-state index contributed by atoms with van der Waals surface area (Å²) in [6.45, 7) is 4.39. The highest BCUT2D eigenvalue weighted by Gasteiger charge is 2.27. The van der Waals surface area contributed by atoms with Crippen molar-refractivity contribution in [1.29, 1.82) is 0 Å². The van der Waals surface area contributed by atoms with Gasteiger partial charge in [-0.05, 0) is 150 Å². The van der Waals surface area contributed by atoms with E-state index in [9.17, 15) is 0 Å². The van der Waals surface area contributed by atoms with Gasteiger partial charge in [0.05, 0.1) is 22.4 Å². The fourth-order valence-electron chi connectivity index (χ4n) is 10.5. The first kappa shape index (κ1) is 37.9. The molecule has 0 saturated heterocycles. The van der Waals surface area contributed by atoms with E-state index in [4.69, 9.17) is 9.97 Å². The van der Waals surface area contributed by atoms with Crippen molar-refractivity contribution >= 4 is 71.8 Å². The molecule has 0 spiro atoms. The quantitative estimate of drug-likeness (QED) is 0.162. The zero-order valence-electron chi connectivity index (χ0n) is 36.1. The molecule has 0 fully saturated rings. The molecule has 0 saturated carbocycles. The average Bonchev–Trinajstić information content (AvgIpc) is 3.60. The van der Waals surface area contributed by atoms with Crippen LogP contribution in [0.25, 0.3) is 65.9 Å². The normalized spacial score (nSPS) is 14.0. The highest BCUT2D eigenvalue weighted by atomic mass is 15.2. The second-order valence-electron chi connectivity index (χ2n) is 17.2. The molecule has 2 aromatic heterocycles. The Morgan fingerprint density at radius 3 is 1.38 bits per heavy atom. The van der Waals surface area contributed by atoms with Crippen LogP contribution in [0.1, 0.15) is 37.0 Å². The van der Waals surface area contributed by atoms with E-state index in [2.05, 4.69) is 218 Å². The third kappa shape index (κ3) is 6.28. The number of pyridine rings is 2. The number of allylic oxidation sites excluding steroid dienone is 4. The van der Waals surface area contributed by atoms with Gasteiger partial charge in [0.1, 0.15) is 0 Å². The molecular weight excluding hydrogens is 777 g/mol. The lowest BCUT2D eigenvalue weighted by Gasteiger charge is -2.29. The molecule has 4 heterocycles. The van der Waals surface area contributed by atoms with Crippen LogP contribution in [0.4, 0.5) is 28.4 Å². The van der Waals surface area contributed by atoms with Crippen LogP contribution < -0.4 is 9.80 Å². The molecule has 0 aliphatic carbocycles. The minimum atomic E-state index is 0.944. The van der Waals surface area contributed by atoms with Crippen LogP contribution >= 0.6 is 0 Å². The molecule has 0 unspecified atom stereocenters. The lowest BCUT2D eigenvalue weighted by atomic mass is 9.87. The van der Waals surface area contributed by atoms with Gasteiger partial charge in [0, 0.05) is 56.0 Å². The van der Waals surface area contributed by atoms with Crippen LogP contribution in [-0.4, -0.2) is 9.97 Å². The number of fused-ring (bicyclic) bond motifs is 7. The zero-order valence-corrected chi connectivity index (χ0v) is 36.1. The van der Waals surface area contributed by atoms with Gasteiger partial charge in [-0.25, -0.2) is 9.97 Å². The largest absolute Gasteiger partial charge is 0.314 e. The molecule has 0 bridgehead atoms. The number of hydrogen-bond donors (Lipinski definition) is 0. The van der Waals surface area contributed by atoms with Gasteiger partial charge in [0.2, 0.25) is 0 Å². The summed E-state index contributed by atoms with van der Waals surface area (Å²) < 4.78 is 0. The number of aryl methyl sites for hydroxylation is 3. The fraction of sp³-hybridized carbons (Fsp3) is 0.100. The Bertz CT molecular complexity index is 3510. The van der Waals surface area contributed by atoms with E-state index in [-0.39, 0.29) is 0 Å². The fourth-order valence-corrected chi connectivity index (χ4v) is 10.5. The molecule has 306 valence electrons. The smallest absolute Gasteiger partial charge is 0.0722 e. The lowest BCUT2D eigenvalue weighted by Crippen LogP contribution is -2.16. The van der Waals surface area contributed by atoms with Crippen LogP contribution in [-0.2, 0) is 19.3 Å². The Labute approximate surface area is 374 Å². The van der Waals surface area contributed by atoms with E-state index in [1.807, 2.05) is 0 Å². The molecule has 2 aliphatic rings. The standard InChI is InChI=1S/C60H46N4/c1-3-14-40-25-26-43-17-6-11-22-56(43)63(39(40)2)46-31-33-48-50(37-46)59(54-35-29-41-15-4-9-20-52(41)61-54)49-34-32-47(38-51(49)60(48)55-36-30-42-16-5-10-21-53(42)62-55)64-57-23-12-7-18-44(57)27-28-45-19-8-13-24-58(45)64/h3-24,29-38H,25-28H2,1-2H3/b14-3-. The summed E-state index contributed by atoms with van der Waals surface area (Å²) in [4.78, 5) is 15.9. The highest BCUT2D eigenvalue weighted by Crippen LogP contribution is 2.49. The molecule has 0 amide bonds. The maximum Gasteiger partial charge on any atom is 0.0722 e. The monoisotopic (exact) mass is 822 g/mol. The van der Waals surface area contributed by atoms with Crippen molar-refractivity contribution in [2.75, 3.05) is 9.80 Å². The summed E-state index contributed by atoms with van der Waals surface area (Å²) in [5, 5.41) is 6.79. The maximum absolute atomic E-state index is 5.46. The van der Waals surface area contributed by atoms with Gasteiger partial charge < -0.3 is 9.80 Å². The molecular formula is C60H46N4. The van der Waals surface area contributed by atoms with Gasteiger partial charge >= 0.3 is 0 Å². The maximum atomic E-state index is 5.46.